The number of H-pyrrole nitrogens is 1. The zero-order valence-corrected chi connectivity index (χ0v) is 19.2. The maximum atomic E-state index is 14.0. The molecule has 0 amide bonds. The van der Waals surface area contributed by atoms with E-state index in [0.717, 1.165) is 0 Å². The molecule has 2 aromatic carbocycles. The molecule has 1 unspecified atom stereocenters. The summed E-state index contributed by atoms with van der Waals surface area (Å²) >= 11 is 0. The Morgan fingerprint density at radius 3 is 2.49 bits per heavy atom. The number of rotatable bonds is 5. The summed E-state index contributed by atoms with van der Waals surface area (Å²) in [6.07, 6.45) is -3.40. The van der Waals surface area contributed by atoms with Crippen LogP contribution in [0.2, 0.25) is 0 Å². The van der Waals surface area contributed by atoms with Crippen molar-refractivity contribution in [1.29, 1.82) is 0 Å². The second-order valence-corrected chi connectivity index (χ2v) is 9.10. The van der Waals surface area contributed by atoms with Crippen LogP contribution in [0.15, 0.2) is 57.7 Å². The summed E-state index contributed by atoms with van der Waals surface area (Å²) in [6, 6.07) is 12.7. The summed E-state index contributed by atoms with van der Waals surface area (Å²) in [5.41, 5.74) is -1.87. The van der Waals surface area contributed by atoms with E-state index in [0.29, 0.717) is 21.4 Å². The molecule has 0 saturated heterocycles. The Hall–Kier alpha value is -3.93. The lowest BCUT2D eigenvalue weighted by Gasteiger charge is -2.08. The predicted molar refractivity (Wildman–Crippen MR) is 124 cm³/mol. The third-order valence-corrected chi connectivity index (χ3v) is 6.04. The van der Waals surface area contributed by atoms with Crippen molar-refractivity contribution in [3.63, 3.8) is 0 Å². The topological polar surface area (TPSA) is 102 Å². The fourth-order valence-electron chi connectivity index (χ4n) is 3.91. The maximum absolute atomic E-state index is 14.0. The molecule has 0 aliphatic carbocycles. The largest absolute Gasteiger partial charge is 0.494 e. The Morgan fingerprint density at radius 2 is 1.83 bits per heavy atom. The number of oxazole rings is 1. The van der Waals surface area contributed by atoms with E-state index < -0.39 is 28.2 Å². The van der Waals surface area contributed by atoms with Gasteiger partial charge in [0, 0.05) is 17.1 Å². The van der Waals surface area contributed by atoms with Crippen molar-refractivity contribution in [3.8, 4) is 28.3 Å². The van der Waals surface area contributed by atoms with Gasteiger partial charge in [0.05, 0.1) is 24.1 Å². The van der Waals surface area contributed by atoms with E-state index in [9.17, 15) is 22.2 Å². The highest BCUT2D eigenvalue weighted by Crippen LogP contribution is 2.39. The number of alkyl halides is 3. The standard InChI is InChI=1S/C23H17F3N4O4S/c1-33-14-9-6-10-15-18(14)28-21(34-15)17-13(11-35(2)32)27-20-16(12-7-4-3-5-8-12)19(23(24,25)26)29-30(20)22(17)31/h3-10,29H,11H2,1-2H3. The van der Waals surface area contributed by atoms with E-state index in [1.54, 1.807) is 36.4 Å². The minimum absolute atomic E-state index is 0.00580. The van der Waals surface area contributed by atoms with Crippen LogP contribution in [0, 0.1) is 0 Å². The molecule has 0 spiro atoms. The normalized spacial score (nSPS) is 12.9. The second-order valence-electron chi connectivity index (χ2n) is 7.67. The molecule has 3 heterocycles. The molecule has 3 aromatic heterocycles. The number of ether oxygens (including phenoxy) is 1. The highest BCUT2D eigenvalue weighted by Gasteiger charge is 2.39. The van der Waals surface area contributed by atoms with Crippen molar-refractivity contribution in [3.05, 3.63) is 70.3 Å². The molecular formula is C23H17F3N4O4S. The number of benzene rings is 2. The molecule has 1 atom stereocenters. The zero-order chi connectivity index (χ0) is 24.9. The van der Waals surface area contributed by atoms with Crippen LogP contribution in [0.3, 0.4) is 0 Å². The minimum Gasteiger partial charge on any atom is -0.494 e. The van der Waals surface area contributed by atoms with Crippen LogP contribution in [-0.2, 0) is 22.7 Å². The monoisotopic (exact) mass is 502 g/mol. The second kappa shape index (κ2) is 8.38. The summed E-state index contributed by atoms with van der Waals surface area (Å²) in [7, 11) is -0.0297. The van der Waals surface area contributed by atoms with Crippen molar-refractivity contribution < 1.29 is 26.5 Å². The molecule has 8 nitrogen and oxygen atoms in total. The quantitative estimate of drug-likeness (QED) is 0.382. The third kappa shape index (κ3) is 3.89. The molecule has 0 radical (unpaired) electrons. The Balaban J connectivity index is 1.88. The van der Waals surface area contributed by atoms with Crippen molar-refractivity contribution in [2.75, 3.05) is 13.4 Å². The number of hydrogen-bond acceptors (Lipinski definition) is 6. The number of halogens is 3. The first kappa shape index (κ1) is 22.8. The number of aromatic nitrogens is 4. The molecule has 0 saturated carbocycles. The first-order valence-corrected chi connectivity index (χ1v) is 12.0. The lowest BCUT2D eigenvalue weighted by molar-refractivity contribution is -0.140. The lowest BCUT2D eigenvalue weighted by Crippen LogP contribution is -2.21. The Labute approximate surface area is 197 Å². The average Bonchev–Trinajstić information content (AvgIpc) is 3.41. The zero-order valence-electron chi connectivity index (χ0n) is 18.3. The van der Waals surface area contributed by atoms with E-state index in [-0.39, 0.29) is 39.7 Å². The van der Waals surface area contributed by atoms with E-state index >= 15 is 0 Å². The first-order valence-electron chi connectivity index (χ1n) is 10.2. The molecule has 5 aromatic rings. The number of methoxy groups -OCH3 is 1. The highest BCUT2D eigenvalue weighted by molar-refractivity contribution is 7.83. The van der Waals surface area contributed by atoms with Crippen LogP contribution in [0.1, 0.15) is 11.4 Å². The van der Waals surface area contributed by atoms with Crippen LogP contribution >= 0.6 is 0 Å². The molecule has 12 heteroatoms. The number of hydrogen-bond donors (Lipinski definition) is 1. The Bertz CT molecular complexity index is 1660. The molecular weight excluding hydrogens is 485 g/mol. The summed E-state index contributed by atoms with van der Waals surface area (Å²) < 4.78 is 65.9. The number of aromatic amines is 1. The van der Waals surface area contributed by atoms with Gasteiger partial charge in [-0.1, -0.05) is 36.4 Å². The number of fused-ring (bicyclic) bond motifs is 2. The van der Waals surface area contributed by atoms with Crippen LogP contribution in [0.5, 0.6) is 5.75 Å². The minimum atomic E-state index is -4.80. The molecule has 0 aliphatic heterocycles. The number of nitrogens with zero attached hydrogens (tertiary/aromatic N) is 3. The molecule has 5 rings (SSSR count). The number of nitrogens with one attached hydrogen (secondary N) is 1. The molecule has 0 fully saturated rings. The van der Waals surface area contributed by atoms with E-state index in [2.05, 4.69) is 15.1 Å². The van der Waals surface area contributed by atoms with Gasteiger partial charge in [-0.15, -0.1) is 0 Å². The van der Waals surface area contributed by atoms with Crippen LogP contribution in [-0.4, -0.2) is 37.2 Å². The molecule has 1 N–H and O–H groups in total. The fourth-order valence-corrected chi connectivity index (χ4v) is 4.50. The Kier molecular flexibility index (Phi) is 5.47. The van der Waals surface area contributed by atoms with Crippen molar-refractivity contribution in [2.24, 2.45) is 0 Å². The number of para-hydroxylation sites is 1. The summed E-state index contributed by atoms with van der Waals surface area (Å²) in [4.78, 5) is 22.3. The van der Waals surface area contributed by atoms with E-state index in [1.807, 2.05) is 0 Å². The van der Waals surface area contributed by atoms with Gasteiger partial charge < -0.3 is 9.15 Å². The van der Waals surface area contributed by atoms with Gasteiger partial charge in [0.25, 0.3) is 5.56 Å². The average molecular weight is 502 g/mol. The van der Waals surface area contributed by atoms with Crippen LogP contribution < -0.4 is 10.3 Å². The maximum Gasteiger partial charge on any atom is 0.433 e. The van der Waals surface area contributed by atoms with Crippen molar-refractivity contribution in [1.82, 2.24) is 19.6 Å². The molecule has 180 valence electrons. The van der Waals surface area contributed by atoms with Gasteiger partial charge in [-0.2, -0.15) is 17.7 Å². The smallest absolute Gasteiger partial charge is 0.433 e. The van der Waals surface area contributed by atoms with Gasteiger partial charge in [0.1, 0.15) is 17.0 Å². The summed E-state index contributed by atoms with van der Waals surface area (Å²) in [5.74, 6) is 0.0247. The third-order valence-electron chi connectivity index (χ3n) is 5.36. The van der Waals surface area contributed by atoms with Crippen LogP contribution in [0.4, 0.5) is 13.2 Å². The molecule has 35 heavy (non-hydrogen) atoms. The fraction of sp³-hybridized carbons (Fsp3) is 0.174. The van der Waals surface area contributed by atoms with Crippen LogP contribution in [0.25, 0.3) is 39.3 Å². The van der Waals surface area contributed by atoms with Gasteiger partial charge in [0.2, 0.25) is 5.89 Å². The Morgan fingerprint density at radius 1 is 1.09 bits per heavy atom. The van der Waals surface area contributed by atoms with Gasteiger partial charge in [-0.25, -0.2) is 9.97 Å². The van der Waals surface area contributed by atoms with Gasteiger partial charge in [-0.05, 0) is 17.7 Å². The van der Waals surface area contributed by atoms with Crippen molar-refractivity contribution in [2.45, 2.75) is 11.9 Å². The highest BCUT2D eigenvalue weighted by atomic mass is 32.2. The molecule has 0 bridgehead atoms. The predicted octanol–water partition coefficient (Wildman–Crippen LogP) is 4.40. The van der Waals surface area contributed by atoms with Gasteiger partial charge >= 0.3 is 6.18 Å². The van der Waals surface area contributed by atoms with E-state index in [1.165, 1.54) is 25.5 Å². The first-order chi connectivity index (χ1) is 16.7. The summed E-state index contributed by atoms with van der Waals surface area (Å²) in [5, 5.41) is 2.16. The summed E-state index contributed by atoms with van der Waals surface area (Å²) in [6.45, 7) is 0. The van der Waals surface area contributed by atoms with E-state index in [4.69, 9.17) is 9.15 Å². The van der Waals surface area contributed by atoms with Gasteiger partial charge in [-0.3, -0.25) is 14.1 Å². The van der Waals surface area contributed by atoms with Crippen molar-refractivity contribution >= 4 is 27.5 Å². The van der Waals surface area contributed by atoms with Gasteiger partial charge in [0.15, 0.2) is 16.7 Å². The lowest BCUT2D eigenvalue weighted by atomic mass is 10.1. The molecule has 0 aliphatic rings. The SMILES string of the molecule is COc1cccc2oc(-c3c(CS(C)=O)nc4c(-c5ccccc5)c(C(F)(F)F)[nH]n4c3=O)nc12.